The van der Waals surface area contributed by atoms with Crippen molar-refractivity contribution in [1.82, 2.24) is 5.32 Å². The maximum Gasteiger partial charge on any atom is 0.234 e. The monoisotopic (exact) mass is 341 g/mol. The predicted molar refractivity (Wildman–Crippen MR) is 95.1 cm³/mol. The van der Waals surface area contributed by atoms with E-state index in [1.807, 2.05) is 24.3 Å². The highest BCUT2D eigenvalue weighted by molar-refractivity contribution is 6.09. The van der Waals surface area contributed by atoms with Crippen LogP contribution >= 0.6 is 0 Å². The van der Waals surface area contributed by atoms with Gasteiger partial charge in [0, 0.05) is 18.5 Å². The summed E-state index contributed by atoms with van der Waals surface area (Å²) in [4.78, 5) is 25.7. The fraction of sp³-hybridized carbons (Fsp3) is 0.619. The molecule has 4 heteroatoms. The smallest absolute Gasteiger partial charge is 0.234 e. The first kappa shape index (κ1) is 16.6. The van der Waals surface area contributed by atoms with Crippen molar-refractivity contribution in [3.05, 3.63) is 29.8 Å². The fourth-order valence-corrected chi connectivity index (χ4v) is 4.97. The van der Waals surface area contributed by atoms with Gasteiger partial charge in [-0.25, -0.2) is 0 Å². The maximum absolute atomic E-state index is 13.1. The lowest BCUT2D eigenvalue weighted by Crippen LogP contribution is -2.49. The van der Waals surface area contributed by atoms with Crippen LogP contribution in [0.2, 0.25) is 0 Å². The molecule has 3 saturated carbocycles. The molecule has 2 bridgehead atoms. The Morgan fingerprint density at radius 2 is 2.00 bits per heavy atom. The molecule has 2 atom stereocenters. The molecule has 4 nitrogen and oxygen atoms in total. The number of hydrogen-bond donors (Lipinski definition) is 1. The van der Waals surface area contributed by atoms with Gasteiger partial charge in [-0.1, -0.05) is 32.0 Å². The number of ether oxygens (including phenoxy) is 1. The molecule has 3 aliphatic rings. The van der Waals surface area contributed by atoms with Gasteiger partial charge >= 0.3 is 0 Å². The number of Topliss-reactive ketones (excluding diaryl/α,β-unsaturated/α-hetero) is 1. The number of para-hydroxylation sites is 1. The second-order valence-electron chi connectivity index (χ2n) is 8.45. The summed E-state index contributed by atoms with van der Waals surface area (Å²) in [5.74, 6) is 1.23. The molecule has 1 N–H and O–H groups in total. The van der Waals surface area contributed by atoms with E-state index < -0.39 is 5.41 Å². The molecule has 0 spiro atoms. The molecule has 0 radical (unpaired) electrons. The van der Waals surface area contributed by atoms with Gasteiger partial charge in [-0.2, -0.15) is 0 Å². The number of nitrogens with one attached hydrogen (secondary N) is 1. The van der Waals surface area contributed by atoms with Crippen molar-refractivity contribution >= 4 is 11.7 Å². The van der Waals surface area contributed by atoms with E-state index in [1.54, 1.807) is 0 Å². The van der Waals surface area contributed by atoms with Crippen LogP contribution in [0.1, 0.15) is 57.9 Å². The third kappa shape index (κ3) is 2.41. The Morgan fingerprint density at radius 1 is 1.24 bits per heavy atom. The van der Waals surface area contributed by atoms with E-state index in [4.69, 9.17) is 4.74 Å². The SMILES string of the molecule is CC1(C)C2CCC1(C(=O)NCc1ccccc1OC1CCC1)C(=O)C2. The molecule has 1 aromatic carbocycles. The zero-order valence-electron chi connectivity index (χ0n) is 15.1. The Labute approximate surface area is 149 Å². The molecule has 1 aromatic rings. The zero-order valence-corrected chi connectivity index (χ0v) is 15.1. The Kier molecular flexibility index (Phi) is 3.89. The van der Waals surface area contributed by atoms with Crippen LogP contribution in [0.5, 0.6) is 5.75 Å². The summed E-state index contributed by atoms with van der Waals surface area (Å²) in [7, 11) is 0. The Hall–Kier alpha value is -1.84. The zero-order chi connectivity index (χ0) is 17.7. The summed E-state index contributed by atoms with van der Waals surface area (Å²) < 4.78 is 6.04. The number of rotatable bonds is 5. The molecule has 0 aromatic heterocycles. The molecular formula is C21H27NO3. The number of benzene rings is 1. The highest BCUT2D eigenvalue weighted by atomic mass is 16.5. The van der Waals surface area contributed by atoms with Crippen molar-refractivity contribution in [2.75, 3.05) is 0 Å². The summed E-state index contributed by atoms with van der Waals surface area (Å²) >= 11 is 0. The standard InChI is InChI=1S/C21H27NO3/c1-20(2)15-10-11-21(20,18(23)12-15)19(24)22-13-14-6-3-4-9-17(14)25-16-7-5-8-16/h3-4,6,9,15-16H,5,7-8,10-13H2,1-2H3,(H,22,24). The number of fused-ring (bicyclic) bond motifs is 2. The average Bonchev–Trinajstić information content (AvgIpc) is 2.92. The summed E-state index contributed by atoms with van der Waals surface area (Å²) in [6.45, 7) is 4.59. The van der Waals surface area contributed by atoms with Crippen molar-refractivity contribution in [3.8, 4) is 5.75 Å². The van der Waals surface area contributed by atoms with Crippen molar-refractivity contribution in [3.63, 3.8) is 0 Å². The highest BCUT2D eigenvalue weighted by Gasteiger charge is 2.67. The third-order valence-corrected chi connectivity index (χ3v) is 7.04. The van der Waals surface area contributed by atoms with Crippen LogP contribution in [0.25, 0.3) is 0 Å². The van der Waals surface area contributed by atoms with Gasteiger partial charge in [-0.05, 0) is 49.5 Å². The van der Waals surface area contributed by atoms with Gasteiger partial charge in [0.15, 0.2) is 0 Å². The fourth-order valence-electron chi connectivity index (χ4n) is 4.97. The molecule has 0 aliphatic heterocycles. The quantitative estimate of drug-likeness (QED) is 0.832. The summed E-state index contributed by atoms with van der Waals surface area (Å²) in [6.07, 6.45) is 5.97. The van der Waals surface area contributed by atoms with Gasteiger partial charge in [0.2, 0.25) is 5.91 Å². The van der Waals surface area contributed by atoms with Gasteiger partial charge in [0.1, 0.15) is 16.9 Å². The Balaban J connectivity index is 1.48. The molecule has 134 valence electrons. The lowest BCUT2D eigenvalue weighted by molar-refractivity contribution is -0.145. The molecule has 1 amide bonds. The minimum atomic E-state index is -0.832. The minimum Gasteiger partial charge on any atom is -0.490 e. The number of carbonyl (C=O) groups excluding carboxylic acids is 2. The molecular weight excluding hydrogens is 314 g/mol. The molecule has 25 heavy (non-hydrogen) atoms. The summed E-state index contributed by atoms with van der Waals surface area (Å²) in [5.41, 5.74) is -0.0886. The van der Waals surface area contributed by atoms with Crippen molar-refractivity contribution in [1.29, 1.82) is 0 Å². The first-order chi connectivity index (χ1) is 11.9. The lowest BCUT2D eigenvalue weighted by atomic mass is 9.68. The van der Waals surface area contributed by atoms with E-state index in [0.29, 0.717) is 31.4 Å². The Bertz CT molecular complexity index is 707. The van der Waals surface area contributed by atoms with E-state index in [2.05, 4.69) is 19.2 Å². The molecule has 3 fully saturated rings. The van der Waals surface area contributed by atoms with Crippen LogP contribution < -0.4 is 10.1 Å². The van der Waals surface area contributed by atoms with Crippen LogP contribution in [0.3, 0.4) is 0 Å². The summed E-state index contributed by atoms with van der Waals surface area (Å²) in [6, 6.07) is 7.88. The first-order valence-corrected chi connectivity index (χ1v) is 9.51. The van der Waals surface area contributed by atoms with Gasteiger partial charge in [-0.3, -0.25) is 9.59 Å². The second kappa shape index (κ2) is 5.86. The van der Waals surface area contributed by atoms with E-state index in [-0.39, 0.29) is 17.1 Å². The van der Waals surface area contributed by atoms with Crippen molar-refractivity contribution < 1.29 is 14.3 Å². The van der Waals surface area contributed by atoms with Gasteiger partial charge in [0.25, 0.3) is 0 Å². The number of carbonyl (C=O) groups is 2. The Morgan fingerprint density at radius 3 is 2.60 bits per heavy atom. The lowest BCUT2D eigenvalue weighted by Gasteiger charge is -2.35. The molecule has 2 unspecified atom stereocenters. The van der Waals surface area contributed by atoms with Gasteiger partial charge < -0.3 is 10.1 Å². The first-order valence-electron chi connectivity index (χ1n) is 9.51. The van der Waals surface area contributed by atoms with Gasteiger partial charge in [-0.15, -0.1) is 0 Å². The van der Waals surface area contributed by atoms with Crippen molar-refractivity contribution in [2.24, 2.45) is 16.7 Å². The minimum absolute atomic E-state index is 0.0963. The number of hydrogen-bond acceptors (Lipinski definition) is 3. The van der Waals surface area contributed by atoms with Gasteiger partial charge in [0.05, 0.1) is 6.10 Å². The largest absolute Gasteiger partial charge is 0.490 e. The third-order valence-electron chi connectivity index (χ3n) is 7.04. The molecule has 3 aliphatic carbocycles. The predicted octanol–water partition coefficient (Wildman–Crippen LogP) is 3.63. The highest BCUT2D eigenvalue weighted by Crippen LogP contribution is 2.63. The normalized spacial score (nSPS) is 30.2. The molecule has 0 heterocycles. The van der Waals surface area contributed by atoms with Crippen LogP contribution in [0, 0.1) is 16.7 Å². The van der Waals surface area contributed by atoms with E-state index in [9.17, 15) is 9.59 Å². The molecule has 4 rings (SSSR count). The van der Waals surface area contributed by atoms with Crippen LogP contribution in [-0.2, 0) is 16.1 Å². The maximum atomic E-state index is 13.1. The summed E-state index contributed by atoms with van der Waals surface area (Å²) in [5, 5.41) is 3.06. The van der Waals surface area contributed by atoms with E-state index in [1.165, 1.54) is 6.42 Å². The molecule has 0 saturated heterocycles. The number of ketones is 1. The van der Waals surface area contributed by atoms with Crippen LogP contribution in [0.15, 0.2) is 24.3 Å². The second-order valence-corrected chi connectivity index (χ2v) is 8.45. The van der Waals surface area contributed by atoms with Crippen molar-refractivity contribution in [2.45, 2.75) is 65.0 Å². The number of amides is 1. The van der Waals surface area contributed by atoms with Crippen LogP contribution in [-0.4, -0.2) is 17.8 Å². The van der Waals surface area contributed by atoms with E-state index in [0.717, 1.165) is 30.6 Å². The average molecular weight is 341 g/mol. The van der Waals surface area contributed by atoms with E-state index >= 15 is 0 Å². The topological polar surface area (TPSA) is 55.4 Å². The van der Waals surface area contributed by atoms with Crippen LogP contribution in [0.4, 0.5) is 0 Å².